The van der Waals surface area contributed by atoms with Gasteiger partial charge in [0.2, 0.25) is 6.54 Å². The Morgan fingerprint density at radius 1 is 1.06 bits per heavy atom. The number of aromatic amines is 1. The van der Waals surface area contributed by atoms with Gasteiger partial charge in [0.15, 0.2) is 5.75 Å². The van der Waals surface area contributed by atoms with E-state index in [0.29, 0.717) is 28.0 Å². The molecule has 0 aliphatic heterocycles. The van der Waals surface area contributed by atoms with Crippen molar-refractivity contribution in [3.8, 4) is 5.75 Å². The molecular formula is C24H20Cl2N2O3. The van der Waals surface area contributed by atoms with Gasteiger partial charge in [-0.1, -0.05) is 71.2 Å². The molecule has 158 valence electrons. The molecule has 1 N–H and O–H groups in total. The average Bonchev–Trinajstić information content (AvgIpc) is 3.16. The first kappa shape index (κ1) is 21.2. The number of aromatic nitrogens is 1. The van der Waals surface area contributed by atoms with Gasteiger partial charge in [0.1, 0.15) is 6.61 Å². The van der Waals surface area contributed by atoms with E-state index in [-0.39, 0.29) is 11.5 Å². The Hall–Kier alpha value is -3.02. The van der Waals surface area contributed by atoms with Gasteiger partial charge in [0.05, 0.1) is 16.0 Å². The van der Waals surface area contributed by atoms with Crippen molar-refractivity contribution in [1.82, 2.24) is 4.98 Å². The summed E-state index contributed by atoms with van der Waals surface area (Å²) in [7, 11) is 0. The average molecular weight is 455 g/mol. The molecule has 1 aromatic heterocycles. The second kappa shape index (κ2) is 9.00. The van der Waals surface area contributed by atoms with E-state index in [0.717, 1.165) is 22.0 Å². The maximum absolute atomic E-state index is 11.4. The van der Waals surface area contributed by atoms with Crippen molar-refractivity contribution in [2.45, 2.75) is 19.4 Å². The van der Waals surface area contributed by atoms with Gasteiger partial charge in [-0.05, 0) is 41.8 Å². The normalized spacial score (nSPS) is 12.1. The molecule has 0 aliphatic carbocycles. The third kappa shape index (κ3) is 4.68. The van der Waals surface area contributed by atoms with Gasteiger partial charge in [-0.15, -0.1) is 0 Å². The second-order valence-electron chi connectivity index (χ2n) is 7.45. The number of aryl methyl sites for hydroxylation is 1. The molecule has 4 rings (SSSR count). The van der Waals surface area contributed by atoms with E-state index in [1.807, 2.05) is 61.7 Å². The van der Waals surface area contributed by atoms with E-state index in [4.69, 9.17) is 27.9 Å². The molecule has 0 aliphatic rings. The molecular weight excluding hydrogens is 435 g/mol. The predicted molar refractivity (Wildman–Crippen MR) is 124 cm³/mol. The highest BCUT2D eigenvalue weighted by Crippen LogP contribution is 2.39. The van der Waals surface area contributed by atoms with Crippen LogP contribution in [0.3, 0.4) is 0 Å². The number of rotatable bonds is 7. The summed E-state index contributed by atoms with van der Waals surface area (Å²) >= 11 is 13.0. The number of H-pyrrole nitrogens is 1. The molecule has 0 radical (unpaired) electrons. The molecule has 0 saturated carbocycles. The van der Waals surface area contributed by atoms with Crippen LogP contribution in [0.15, 0.2) is 66.9 Å². The zero-order chi connectivity index (χ0) is 22.0. The fraction of sp³-hybridized carbons (Fsp3) is 0.167. The Morgan fingerprint density at radius 2 is 1.74 bits per heavy atom. The van der Waals surface area contributed by atoms with Gasteiger partial charge in [-0.2, -0.15) is 0 Å². The first-order valence-corrected chi connectivity index (χ1v) is 10.5. The molecule has 3 aromatic carbocycles. The predicted octanol–water partition coefficient (Wildman–Crippen LogP) is 6.77. The standard InChI is InChI=1S/C24H20Cl2N2O3/c1-15-6-8-16(9-7-15)14-31-24-21(25)10-17(11-22(24)26)20(13-28(29)30)19-12-27-23-5-3-2-4-18(19)23/h2-12,20,27H,13-14H2,1H3/t20-/m1/s1. The number of ether oxygens (including phenoxy) is 1. The van der Waals surface area contributed by atoms with Crippen LogP contribution in [-0.4, -0.2) is 16.5 Å². The zero-order valence-electron chi connectivity index (χ0n) is 16.8. The first-order valence-electron chi connectivity index (χ1n) is 9.77. The quantitative estimate of drug-likeness (QED) is 0.247. The van der Waals surface area contributed by atoms with E-state index < -0.39 is 5.92 Å². The van der Waals surface area contributed by atoms with Crippen molar-refractivity contribution < 1.29 is 9.66 Å². The van der Waals surface area contributed by atoms with Crippen LogP contribution in [0.4, 0.5) is 0 Å². The molecule has 0 saturated heterocycles. The van der Waals surface area contributed by atoms with Crippen LogP contribution < -0.4 is 4.74 Å². The van der Waals surface area contributed by atoms with Crippen LogP contribution in [0.1, 0.15) is 28.2 Å². The highest BCUT2D eigenvalue weighted by Gasteiger charge is 2.25. The Kier molecular flexibility index (Phi) is 6.16. The van der Waals surface area contributed by atoms with Crippen molar-refractivity contribution in [3.05, 3.63) is 109 Å². The van der Waals surface area contributed by atoms with Crippen molar-refractivity contribution in [3.63, 3.8) is 0 Å². The number of benzene rings is 3. The summed E-state index contributed by atoms with van der Waals surface area (Å²) in [5, 5.41) is 13.0. The Labute approximate surface area is 189 Å². The minimum atomic E-state index is -0.507. The van der Waals surface area contributed by atoms with E-state index in [2.05, 4.69) is 4.98 Å². The lowest BCUT2D eigenvalue weighted by atomic mass is 9.91. The summed E-state index contributed by atoms with van der Waals surface area (Å²) < 4.78 is 5.87. The SMILES string of the molecule is Cc1ccc(COc2c(Cl)cc([C@@H](C[N+](=O)[O-])c3c[nH]c4ccccc34)cc2Cl)cc1. The number of halogens is 2. The zero-order valence-corrected chi connectivity index (χ0v) is 18.3. The molecule has 7 heteroatoms. The van der Waals surface area contributed by atoms with E-state index in [9.17, 15) is 10.1 Å². The highest BCUT2D eigenvalue weighted by atomic mass is 35.5. The molecule has 1 atom stereocenters. The number of para-hydroxylation sites is 1. The van der Waals surface area contributed by atoms with Crippen LogP contribution in [0.5, 0.6) is 5.75 Å². The summed E-state index contributed by atoms with van der Waals surface area (Å²) in [6.45, 7) is 2.06. The van der Waals surface area contributed by atoms with Crippen molar-refractivity contribution in [2.24, 2.45) is 0 Å². The summed E-state index contributed by atoms with van der Waals surface area (Å²) in [6.07, 6.45) is 1.81. The topological polar surface area (TPSA) is 68.2 Å². The number of hydrogen-bond acceptors (Lipinski definition) is 3. The van der Waals surface area contributed by atoms with E-state index in [1.165, 1.54) is 5.56 Å². The maximum atomic E-state index is 11.4. The monoisotopic (exact) mass is 454 g/mol. The smallest absolute Gasteiger partial charge is 0.214 e. The van der Waals surface area contributed by atoms with Gasteiger partial charge in [-0.25, -0.2) is 0 Å². The Bertz CT molecular complexity index is 1210. The Balaban J connectivity index is 1.66. The largest absolute Gasteiger partial charge is 0.486 e. The minimum Gasteiger partial charge on any atom is -0.486 e. The van der Waals surface area contributed by atoms with Crippen LogP contribution in [0.25, 0.3) is 10.9 Å². The number of hydrogen-bond donors (Lipinski definition) is 1. The minimum absolute atomic E-state index is 0.280. The van der Waals surface area contributed by atoms with Crippen LogP contribution >= 0.6 is 23.2 Å². The van der Waals surface area contributed by atoms with Gasteiger partial charge < -0.3 is 9.72 Å². The third-order valence-corrected chi connectivity index (χ3v) is 5.82. The van der Waals surface area contributed by atoms with E-state index >= 15 is 0 Å². The highest BCUT2D eigenvalue weighted by molar-refractivity contribution is 6.37. The maximum Gasteiger partial charge on any atom is 0.214 e. The van der Waals surface area contributed by atoms with Gasteiger partial charge in [-0.3, -0.25) is 10.1 Å². The Morgan fingerprint density at radius 3 is 2.42 bits per heavy atom. The first-order chi connectivity index (χ1) is 14.9. The van der Waals surface area contributed by atoms with Crippen molar-refractivity contribution >= 4 is 34.1 Å². The number of fused-ring (bicyclic) bond motifs is 1. The van der Waals surface area contributed by atoms with Crippen LogP contribution in [-0.2, 0) is 6.61 Å². The van der Waals surface area contributed by atoms with Crippen molar-refractivity contribution in [1.29, 1.82) is 0 Å². The lowest BCUT2D eigenvalue weighted by molar-refractivity contribution is -0.481. The summed E-state index contributed by atoms with van der Waals surface area (Å²) in [4.78, 5) is 14.3. The molecule has 0 unspecified atom stereocenters. The molecule has 0 spiro atoms. The summed E-state index contributed by atoms with van der Waals surface area (Å²) in [6, 6.07) is 19.1. The number of nitrogens with one attached hydrogen (secondary N) is 1. The van der Waals surface area contributed by atoms with Crippen LogP contribution in [0.2, 0.25) is 10.0 Å². The number of nitrogens with zero attached hydrogens (tertiary/aromatic N) is 1. The summed E-state index contributed by atoms with van der Waals surface area (Å²) in [5.41, 5.74) is 4.57. The molecule has 1 heterocycles. The molecule has 0 bridgehead atoms. The molecule has 5 nitrogen and oxygen atoms in total. The molecule has 4 aromatic rings. The fourth-order valence-electron chi connectivity index (χ4n) is 3.67. The fourth-order valence-corrected chi connectivity index (χ4v) is 4.29. The molecule has 31 heavy (non-hydrogen) atoms. The third-order valence-electron chi connectivity index (χ3n) is 5.26. The van der Waals surface area contributed by atoms with Gasteiger partial charge in [0, 0.05) is 22.0 Å². The van der Waals surface area contributed by atoms with Gasteiger partial charge >= 0.3 is 0 Å². The lowest BCUT2D eigenvalue weighted by Gasteiger charge is -2.17. The lowest BCUT2D eigenvalue weighted by Crippen LogP contribution is -2.14. The summed E-state index contributed by atoms with van der Waals surface area (Å²) in [5.74, 6) is -0.140. The molecule has 0 amide bonds. The number of nitro groups is 1. The van der Waals surface area contributed by atoms with Crippen LogP contribution in [0, 0.1) is 17.0 Å². The second-order valence-corrected chi connectivity index (χ2v) is 8.26. The van der Waals surface area contributed by atoms with E-state index in [1.54, 1.807) is 12.1 Å². The van der Waals surface area contributed by atoms with Gasteiger partial charge in [0.25, 0.3) is 0 Å². The molecule has 0 fully saturated rings. The van der Waals surface area contributed by atoms with Crippen molar-refractivity contribution in [2.75, 3.05) is 6.54 Å².